The maximum Gasteiger partial charge on any atom is 0.270 e. The lowest BCUT2D eigenvalue weighted by Crippen LogP contribution is -2.39. The molecule has 160 valence electrons. The maximum absolute atomic E-state index is 13.3. The van der Waals surface area contributed by atoms with E-state index in [4.69, 9.17) is 12.2 Å². The molecule has 2 aliphatic rings. The lowest BCUT2D eigenvalue weighted by molar-refractivity contribution is -0.124. The molecule has 1 aromatic heterocycles. The molecule has 0 radical (unpaired) electrons. The molecule has 1 aliphatic heterocycles. The van der Waals surface area contributed by atoms with E-state index in [9.17, 15) is 14.9 Å². The molecule has 0 bridgehead atoms. The fraction of sp³-hybridized carbons (Fsp3) is 0.545. The fourth-order valence-corrected chi connectivity index (χ4v) is 5.76. The van der Waals surface area contributed by atoms with E-state index in [0.717, 1.165) is 37.1 Å². The molecule has 1 saturated carbocycles. The highest BCUT2D eigenvalue weighted by atomic mass is 32.2. The van der Waals surface area contributed by atoms with E-state index in [1.54, 1.807) is 18.9 Å². The minimum Gasteiger partial charge on any atom is -0.358 e. The van der Waals surface area contributed by atoms with Crippen LogP contribution in [0.1, 0.15) is 62.6 Å². The van der Waals surface area contributed by atoms with Crippen LogP contribution in [0.25, 0.3) is 6.08 Å². The number of hydrogen-bond acceptors (Lipinski definition) is 6. The summed E-state index contributed by atoms with van der Waals surface area (Å²) in [5.41, 5.74) is 1.14. The van der Waals surface area contributed by atoms with Crippen LogP contribution >= 0.6 is 24.0 Å². The number of aromatic nitrogens is 1. The Labute approximate surface area is 187 Å². The van der Waals surface area contributed by atoms with Crippen molar-refractivity contribution in [2.45, 2.75) is 58.9 Å². The van der Waals surface area contributed by atoms with Crippen molar-refractivity contribution in [1.29, 1.82) is 5.26 Å². The molecule has 0 spiro atoms. The second-order valence-electron chi connectivity index (χ2n) is 7.73. The van der Waals surface area contributed by atoms with Gasteiger partial charge >= 0.3 is 0 Å². The van der Waals surface area contributed by atoms with Crippen molar-refractivity contribution in [1.82, 2.24) is 9.47 Å². The second kappa shape index (κ2) is 9.36. The largest absolute Gasteiger partial charge is 0.358 e. The van der Waals surface area contributed by atoms with Gasteiger partial charge in [0.25, 0.3) is 11.5 Å². The van der Waals surface area contributed by atoms with Crippen LogP contribution in [-0.4, -0.2) is 38.8 Å². The van der Waals surface area contributed by atoms with E-state index in [0.29, 0.717) is 27.9 Å². The fourth-order valence-electron chi connectivity index (χ4n) is 4.38. The number of nitrogens with zero attached hydrogens (tertiary/aromatic N) is 4. The molecular formula is C22H28N4O2S2. The Balaban J connectivity index is 2.13. The van der Waals surface area contributed by atoms with Crippen molar-refractivity contribution in [2.24, 2.45) is 7.05 Å². The Morgan fingerprint density at radius 3 is 2.43 bits per heavy atom. The van der Waals surface area contributed by atoms with Gasteiger partial charge in [0.05, 0.1) is 4.91 Å². The van der Waals surface area contributed by atoms with Crippen molar-refractivity contribution in [3.05, 3.63) is 31.9 Å². The summed E-state index contributed by atoms with van der Waals surface area (Å²) in [6.45, 7) is 7.24. The number of nitriles is 1. The standard InChI is InChI=1S/C22H28N4O2S2/c1-5-25(6-2)19-16(14(3)17(13-23)20(27)24(19)4)12-18-21(28)26(22(29)30-18)15-10-8-7-9-11-15/h12,15H,5-11H2,1-4H3. The van der Waals surface area contributed by atoms with Crippen LogP contribution in [0.2, 0.25) is 0 Å². The van der Waals surface area contributed by atoms with Gasteiger partial charge in [0, 0.05) is 31.7 Å². The summed E-state index contributed by atoms with van der Waals surface area (Å²) in [5.74, 6) is 0.665. The average molecular weight is 445 g/mol. The predicted octanol–water partition coefficient (Wildman–Crippen LogP) is 3.95. The van der Waals surface area contributed by atoms with Gasteiger partial charge in [-0.25, -0.2) is 0 Å². The van der Waals surface area contributed by atoms with Gasteiger partial charge in [0.15, 0.2) is 0 Å². The Hall–Kier alpha value is -2.11. The number of thiocarbonyl (C=S) groups is 1. The third kappa shape index (κ3) is 3.93. The molecule has 30 heavy (non-hydrogen) atoms. The van der Waals surface area contributed by atoms with Gasteiger partial charge in [0.2, 0.25) is 0 Å². The van der Waals surface area contributed by atoms with Crippen molar-refractivity contribution in [2.75, 3.05) is 18.0 Å². The summed E-state index contributed by atoms with van der Waals surface area (Å²) >= 11 is 6.88. The van der Waals surface area contributed by atoms with Gasteiger partial charge in [-0.3, -0.25) is 19.1 Å². The molecule has 0 unspecified atom stereocenters. The number of rotatable bonds is 5. The molecule has 0 atom stereocenters. The zero-order valence-corrected chi connectivity index (χ0v) is 19.7. The summed E-state index contributed by atoms with van der Waals surface area (Å²) < 4.78 is 2.12. The molecule has 0 N–H and O–H groups in total. The number of thioether (sulfide) groups is 1. The zero-order valence-electron chi connectivity index (χ0n) is 18.0. The molecule has 2 fully saturated rings. The van der Waals surface area contributed by atoms with Gasteiger partial charge in [-0.1, -0.05) is 43.2 Å². The van der Waals surface area contributed by atoms with Crippen molar-refractivity contribution >= 4 is 46.1 Å². The van der Waals surface area contributed by atoms with Crippen molar-refractivity contribution in [3.8, 4) is 6.07 Å². The molecule has 2 heterocycles. The Morgan fingerprint density at radius 1 is 1.23 bits per heavy atom. The highest BCUT2D eigenvalue weighted by Gasteiger charge is 2.38. The molecule has 1 saturated heterocycles. The molecule has 6 nitrogen and oxygen atoms in total. The third-order valence-electron chi connectivity index (χ3n) is 6.07. The van der Waals surface area contributed by atoms with E-state index >= 15 is 0 Å². The summed E-state index contributed by atoms with van der Waals surface area (Å²) in [4.78, 5) is 30.4. The third-order valence-corrected chi connectivity index (χ3v) is 7.40. The van der Waals surface area contributed by atoms with E-state index in [1.807, 2.05) is 26.0 Å². The number of amides is 1. The first-order valence-corrected chi connectivity index (χ1v) is 11.7. The quantitative estimate of drug-likeness (QED) is 0.506. The smallest absolute Gasteiger partial charge is 0.270 e. The van der Waals surface area contributed by atoms with Crippen LogP contribution in [-0.2, 0) is 11.8 Å². The molecule has 8 heteroatoms. The van der Waals surface area contributed by atoms with E-state index in [-0.39, 0.29) is 23.1 Å². The monoisotopic (exact) mass is 444 g/mol. The first kappa shape index (κ1) is 22.6. The van der Waals surface area contributed by atoms with Crippen LogP contribution in [0, 0.1) is 18.3 Å². The van der Waals surface area contributed by atoms with E-state index in [1.165, 1.54) is 22.7 Å². The minimum atomic E-state index is -0.316. The van der Waals surface area contributed by atoms with Gasteiger partial charge in [-0.15, -0.1) is 0 Å². The lowest BCUT2D eigenvalue weighted by atomic mass is 9.94. The van der Waals surface area contributed by atoms with Crippen molar-refractivity contribution in [3.63, 3.8) is 0 Å². The molecule has 1 aromatic rings. The summed E-state index contributed by atoms with van der Waals surface area (Å²) in [6, 6.07) is 2.22. The Bertz CT molecular complexity index is 996. The Kier molecular flexibility index (Phi) is 7.04. The van der Waals surface area contributed by atoms with Gasteiger partial charge in [0.1, 0.15) is 21.8 Å². The topological polar surface area (TPSA) is 69.3 Å². The van der Waals surface area contributed by atoms with Crippen LogP contribution in [0.15, 0.2) is 9.70 Å². The van der Waals surface area contributed by atoms with Crippen LogP contribution in [0.4, 0.5) is 5.82 Å². The molecule has 1 aliphatic carbocycles. The molecule has 0 aromatic carbocycles. The summed E-state index contributed by atoms with van der Waals surface area (Å²) in [6.07, 6.45) is 7.26. The lowest BCUT2D eigenvalue weighted by Gasteiger charge is -2.30. The molecular weight excluding hydrogens is 416 g/mol. The maximum atomic E-state index is 13.3. The van der Waals surface area contributed by atoms with Crippen LogP contribution in [0.3, 0.4) is 0 Å². The number of pyridine rings is 1. The highest BCUT2D eigenvalue weighted by molar-refractivity contribution is 8.26. The number of carbonyl (C=O) groups excluding carboxylic acids is 1. The minimum absolute atomic E-state index is 0.0610. The number of hydrogen-bond donors (Lipinski definition) is 0. The highest BCUT2D eigenvalue weighted by Crippen LogP contribution is 2.39. The Morgan fingerprint density at radius 2 is 1.87 bits per heavy atom. The number of anilines is 1. The normalized spacial score (nSPS) is 18.9. The second-order valence-corrected chi connectivity index (χ2v) is 9.40. The summed E-state index contributed by atoms with van der Waals surface area (Å²) in [7, 11) is 1.68. The zero-order chi connectivity index (χ0) is 22.0. The van der Waals surface area contributed by atoms with Crippen molar-refractivity contribution < 1.29 is 4.79 Å². The first-order valence-electron chi connectivity index (χ1n) is 10.5. The predicted molar refractivity (Wildman–Crippen MR) is 127 cm³/mol. The molecule has 3 rings (SSSR count). The van der Waals surface area contributed by atoms with Gasteiger partial charge < -0.3 is 4.90 Å². The number of carbonyl (C=O) groups is 1. The van der Waals surface area contributed by atoms with Crippen LogP contribution in [0.5, 0.6) is 0 Å². The average Bonchev–Trinajstić information content (AvgIpc) is 3.03. The SMILES string of the molecule is CCN(CC)c1c(C=C2SC(=S)N(C3CCCCC3)C2=O)c(C)c(C#N)c(=O)n1C. The van der Waals surface area contributed by atoms with E-state index < -0.39 is 0 Å². The van der Waals surface area contributed by atoms with Gasteiger partial charge in [-0.2, -0.15) is 5.26 Å². The molecule has 1 amide bonds. The first-order chi connectivity index (χ1) is 14.3. The van der Waals surface area contributed by atoms with Crippen LogP contribution < -0.4 is 10.5 Å². The summed E-state index contributed by atoms with van der Waals surface area (Å²) in [5, 5.41) is 9.56. The van der Waals surface area contributed by atoms with Gasteiger partial charge in [-0.05, 0) is 45.3 Å². The van der Waals surface area contributed by atoms with E-state index in [2.05, 4.69) is 4.90 Å².